The van der Waals surface area contributed by atoms with E-state index in [1.54, 1.807) is 0 Å². The van der Waals surface area contributed by atoms with Crippen LogP contribution in [0.5, 0.6) is 0 Å². The monoisotopic (exact) mass is 245 g/mol. The lowest BCUT2D eigenvalue weighted by Crippen LogP contribution is -2.47. The quantitative estimate of drug-likeness (QED) is 0.889. The molecule has 0 bridgehead atoms. The molecule has 1 aliphatic heterocycles. The first kappa shape index (κ1) is 11.7. The molecule has 18 heavy (non-hydrogen) atoms. The topological polar surface area (TPSA) is 40.5 Å². The van der Waals surface area contributed by atoms with E-state index >= 15 is 0 Å². The third-order valence-electron chi connectivity index (χ3n) is 4.49. The van der Waals surface area contributed by atoms with Crippen LogP contribution in [-0.4, -0.2) is 34.6 Å². The largest absolute Gasteiger partial charge is 0.480 e. The average molecular weight is 245 g/mol. The molecule has 1 heterocycles. The lowest BCUT2D eigenvalue weighted by molar-refractivity contribution is -0.145. The second-order valence-corrected chi connectivity index (χ2v) is 5.51. The van der Waals surface area contributed by atoms with Crippen molar-refractivity contribution in [2.24, 2.45) is 0 Å². The molecule has 0 unspecified atom stereocenters. The third-order valence-corrected chi connectivity index (χ3v) is 4.49. The maximum absolute atomic E-state index is 11.3. The van der Waals surface area contributed by atoms with E-state index in [0.717, 1.165) is 38.8 Å². The fraction of sp³-hybridized carbons (Fsp3) is 0.533. The molecule has 1 saturated heterocycles. The zero-order valence-corrected chi connectivity index (χ0v) is 10.5. The van der Waals surface area contributed by atoms with Crippen LogP contribution in [0, 0.1) is 0 Å². The molecule has 96 valence electrons. The van der Waals surface area contributed by atoms with Crippen molar-refractivity contribution in [1.82, 2.24) is 4.90 Å². The number of aliphatic carboxylic acids is 1. The molecule has 3 nitrogen and oxygen atoms in total. The summed E-state index contributed by atoms with van der Waals surface area (Å²) in [5, 5.41) is 9.30. The van der Waals surface area contributed by atoms with Crippen LogP contribution < -0.4 is 0 Å². The minimum Gasteiger partial charge on any atom is -0.480 e. The molecule has 1 aromatic carbocycles. The van der Waals surface area contributed by atoms with Gasteiger partial charge in [-0.2, -0.15) is 0 Å². The molecule has 2 fully saturated rings. The summed E-state index contributed by atoms with van der Waals surface area (Å²) in [4.78, 5) is 13.5. The molecular weight excluding hydrogens is 226 g/mol. The Labute approximate surface area is 107 Å². The Hall–Kier alpha value is -1.35. The van der Waals surface area contributed by atoms with Gasteiger partial charge < -0.3 is 5.11 Å². The fourth-order valence-electron chi connectivity index (χ4n) is 3.15. The number of carboxylic acid groups (broad SMARTS) is 1. The molecule has 0 aromatic heterocycles. The van der Waals surface area contributed by atoms with Crippen LogP contribution in [0.25, 0.3) is 0 Å². The number of benzene rings is 1. The predicted molar refractivity (Wildman–Crippen MR) is 69.6 cm³/mol. The van der Waals surface area contributed by atoms with Crippen molar-refractivity contribution in [2.75, 3.05) is 13.1 Å². The molecule has 0 amide bonds. The second-order valence-electron chi connectivity index (χ2n) is 5.51. The van der Waals surface area contributed by atoms with E-state index in [-0.39, 0.29) is 0 Å². The van der Waals surface area contributed by atoms with Gasteiger partial charge in [0.1, 0.15) is 5.54 Å². The van der Waals surface area contributed by atoms with Gasteiger partial charge in [-0.1, -0.05) is 30.3 Å². The number of rotatable bonds is 3. The molecule has 0 atom stereocenters. The number of carbonyl (C=O) groups is 1. The van der Waals surface area contributed by atoms with Gasteiger partial charge in [0.05, 0.1) is 0 Å². The number of nitrogens with zero attached hydrogens (tertiary/aromatic N) is 1. The van der Waals surface area contributed by atoms with E-state index in [1.807, 2.05) is 6.07 Å². The normalized spacial score (nSPS) is 23.8. The maximum atomic E-state index is 11.3. The average Bonchev–Trinajstić information content (AvgIpc) is 3.22. The van der Waals surface area contributed by atoms with Crippen LogP contribution in [0.3, 0.4) is 0 Å². The van der Waals surface area contributed by atoms with Gasteiger partial charge in [0.15, 0.2) is 0 Å². The van der Waals surface area contributed by atoms with Gasteiger partial charge >= 0.3 is 5.97 Å². The first-order valence-electron chi connectivity index (χ1n) is 6.76. The second kappa shape index (κ2) is 4.39. The van der Waals surface area contributed by atoms with Crippen LogP contribution in [0.1, 0.15) is 37.2 Å². The molecule has 0 radical (unpaired) electrons. The van der Waals surface area contributed by atoms with Crippen LogP contribution in [0.2, 0.25) is 0 Å². The molecular formula is C15H19NO2. The Morgan fingerprint density at radius 3 is 2.28 bits per heavy atom. The Balaban J connectivity index is 1.64. The summed E-state index contributed by atoms with van der Waals surface area (Å²) >= 11 is 0. The van der Waals surface area contributed by atoms with E-state index in [2.05, 4.69) is 29.2 Å². The first-order chi connectivity index (χ1) is 8.72. The summed E-state index contributed by atoms with van der Waals surface area (Å²) in [5.74, 6) is -0.0206. The summed E-state index contributed by atoms with van der Waals surface area (Å²) in [6, 6.07) is 10.6. The highest BCUT2D eigenvalue weighted by atomic mass is 16.4. The predicted octanol–water partition coefficient (Wildman–Crippen LogP) is 2.48. The SMILES string of the molecule is O=C(O)C1(N2CCC(c3ccccc3)CC2)CC1. The molecule has 1 aromatic rings. The van der Waals surface area contributed by atoms with Gasteiger partial charge in [0.2, 0.25) is 0 Å². The van der Waals surface area contributed by atoms with Gasteiger partial charge in [-0.25, -0.2) is 0 Å². The van der Waals surface area contributed by atoms with Gasteiger partial charge in [-0.3, -0.25) is 9.69 Å². The minimum atomic E-state index is -0.624. The van der Waals surface area contributed by atoms with Crippen molar-refractivity contribution in [2.45, 2.75) is 37.1 Å². The summed E-state index contributed by atoms with van der Waals surface area (Å²) < 4.78 is 0. The van der Waals surface area contributed by atoms with E-state index in [4.69, 9.17) is 0 Å². The Morgan fingerprint density at radius 1 is 1.17 bits per heavy atom. The highest BCUT2D eigenvalue weighted by molar-refractivity contribution is 5.82. The zero-order valence-electron chi connectivity index (χ0n) is 10.5. The van der Waals surface area contributed by atoms with E-state index < -0.39 is 11.5 Å². The number of piperidine rings is 1. The van der Waals surface area contributed by atoms with Crippen molar-refractivity contribution in [3.8, 4) is 0 Å². The number of likely N-dealkylation sites (tertiary alicyclic amines) is 1. The lowest BCUT2D eigenvalue weighted by Gasteiger charge is -2.36. The molecule has 3 rings (SSSR count). The summed E-state index contributed by atoms with van der Waals surface area (Å²) in [6.07, 6.45) is 3.83. The third kappa shape index (κ3) is 1.93. The first-order valence-corrected chi connectivity index (χ1v) is 6.76. The molecule has 3 heteroatoms. The van der Waals surface area contributed by atoms with Gasteiger partial charge in [0, 0.05) is 0 Å². The van der Waals surface area contributed by atoms with Crippen molar-refractivity contribution in [3.05, 3.63) is 35.9 Å². The highest BCUT2D eigenvalue weighted by Gasteiger charge is 2.55. The molecule has 1 saturated carbocycles. The van der Waals surface area contributed by atoms with Crippen LogP contribution in [0.15, 0.2) is 30.3 Å². The number of carboxylic acids is 1. The standard InChI is InChI=1S/C15H19NO2/c17-14(18)15(8-9-15)16-10-6-13(7-11-16)12-4-2-1-3-5-12/h1-5,13H,6-11H2,(H,17,18). The van der Waals surface area contributed by atoms with Crippen molar-refractivity contribution in [3.63, 3.8) is 0 Å². The zero-order chi connectivity index (χ0) is 12.6. The molecule has 1 aliphatic carbocycles. The highest BCUT2D eigenvalue weighted by Crippen LogP contribution is 2.44. The van der Waals surface area contributed by atoms with Crippen LogP contribution in [-0.2, 0) is 4.79 Å². The summed E-state index contributed by atoms with van der Waals surface area (Å²) in [5.41, 5.74) is 0.902. The van der Waals surface area contributed by atoms with Crippen molar-refractivity contribution in [1.29, 1.82) is 0 Å². The molecule has 2 aliphatic rings. The number of hydrogen-bond donors (Lipinski definition) is 1. The van der Waals surface area contributed by atoms with Gasteiger partial charge in [-0.15, -0.1) is 0 Å². The Morgan fingerprint density at radius 2 is 1.78 bits per heavy atom. The summed E-state index contributed by atoms with van der Waals surface area (Å²) in [6.45, 7) is 1.84. The van der Waals surface area contributed by atoms with Crippen LogP contribution in [0.4, 0.5) is 0 Å². The number of hydrogen-bond acceptors (Lipinski definition) is 2. The Bertz CT molecular complexity index is 431. The summed E-state index contributed by atoms with van der Waals surface area (Å²) in [7, 11) is 0. The van der Waals surface area contributed by atoms with Gasteiger partial charge in [-0.05, 0) is 50.3 Å². The maximum Gasteiger partial charge on any atom is 0.324 e. The molecule has 0 spiro atoms. The minimum absolute atomic E-state index is 0.498. The molecule has 1 N–H and O–H groups in total. The fourth-order valence-corrected chi connectivity index (χ4v) is 3.15. The van der Waals surface area contributed by atoms with E-state index in [1.165, 1.54) is 5.56 Å². The van der Waals surface area contributed by atoms with Crippen LogP contribution >= 0.6 is 0 Å². The van der Waals surface area contributed by atoms with Gasteiger partial charge in [0.25, 0.3) is 0 Å². The Kier molecular flexibility index (Phi) is 2.86. The smallest absolute Gasteiger partial charge is 0.324 e. The van der Waals surface area contributed by atoms with E-state index in [9.17, 15) is 9.90 Å². The van der Waals surface area contributed by atoms with Crippen molar-refractivity contribution < 1.29 is 9.90 Å². The van der Waals surface area contributed by atoms with E-state index in [0.29, 0.717) is 5.92 Å². The van der Waals surface area contributed by atoms with Crippen molar-refractivity contribution >= 4 is 5.97 Å². The lowest BCUT2D eigenvalue weighted by atomic mass is 9.88.